The van der Waals surface area contributed by atoms with E-state index < -0.39 is 28.5 Å². The van der Waals surface area contributed by atoms with E-state index in [1.165, 1.54) is 17.0 Å². The van der Waals surface area contributed by atoms with Gasteiger partial charge in [-0.3, -0.25) is 13.9 Å². The van der Waals surface area contributed by atoms with Crippen LogP contribution in [0, 0.1) is 0 Å². The van der Waals surface area contributed by atoms with Gasteiger partial charge in [0.1, 0.15) is 12.6 Å². The molecule has 3 rings (SSSR count). The Labute approximate surface area is 254 Å². The zero-order valence-corrected chi connectivity index (χ0v) is 26.4. The van der Waals surface area contributed by atoms with Gasteiger partial charge in [0.05, 0.1) is 10.6 Å². The van der Waals surface area contributed by atoms with Gasteiger partial charge in [0, 0.05) is 27.1 Å². The summed E-state index contributed by atoms with van der Waals surface area (Å²) in [4.78, 5) is 28.9. The Hall–Kier alpha value is -2.59. The molecule has 3 aromatic carbocycles. The fraction of sp³-hybridized carbons (Fsp3) is 0.310. The monoisotopic (exact) mass is 667 g/mol. The molecule has 7 nitrogen and oxygen atoms in total. The van der Waals surface area contributed by atoms with E-state index >= 15 is 0 Å². The zero-order valence-electron chi connectivity index (χ0n) is 22.5. The van der Waals surface area contributed by atoms with Crippen LogP contribution in [0.5, 0.6) is 0 Å². The second-order valence-electron chi connectivity index (χ2n) is 9.30. The zero-order chi connectivity index (χ0) is 29.4. The number of benzene rings is 3. The summed E-state index contributed by atoms with van der Waals surface area (Å²) in [5, 5.41) is 3.72. The third-order valence-electron chi connectivity index (χ3n) is 6.45. The molecule has 2 unspecified atom stereocenters. The molecule has 0 bridgehead atoms. The highest BCUT2D eigenvalue weighted by molar-refractivity contribution is 9.10. The number of hydrogen-bond acceptors (Lipinski definition) is 4. The fourth-order valence-corrected chi connectivity index (χ4v) is 6.36. The van der Waals surface area contributed by atoms with E-state index in [0.717, 1.165) is 4.31 Å². The highest BCUT2D eigenvalue weighted by atomic mass is 79.9. The lowest BCUT2D eigenvalue weighted by Gasteiger charge is -2.34. The van der Waals surface area contributed by atoms with E-state index in [9.17, 15) is 18.0 Å². The first-order valence-corrected chi connectivity index (χ1v) is 15.8. The lowest BCUT2D eigenvalue weighted by atomic mass is 10.1. The molecule has 2 amide bonds. The van der Waals surface area contributed by atoms with Crippen molar-refractivity contribution in [3.63, 3.8) is 0 Å². The van der Waals surface area contributed by atoms with Gasteiger partial charge in [-0.05, 0) is 67.8 Å². The summed E-state index contributed by atoms with van der Waals surface area (Å²) in [5.74, 6) is -0.883. The minimum atomic E-state index is -4.14. The molecule has 0 aliphatic rings. The Kier molecular flexibility index (Phi) is 11.5. The molecule has 3 aromatic rings. The molecule has 0 radical (unpaired) electrons. The second-order valence-corrected chi connectivity index (χ2v) is 12.9. The van der Waals surface area contributed by atoms with Crippen molar-refractivity contribution in [1.29, 1.82) is 0 Å². The van der Waals surface area contributed by atoms with Crippen molar-refractivity contribution in [2.75, 3.05) is 10.8 Å². The van der Waals surface area contributed by atoms with E-state index in [1.54, 1.807) is 67.6 Å². The minimum Gasteiger partial charge on any atom is -0.352 e. The molecule has 0 saturated heterocycles. The Morgan fingerprint density at radius 2 is 1.65 bits per heavy atom. The number of rotatable bonds is 12. The van der Waals surface area contributed by atoms with Crippen LogP contribution in [0.1, 0.15) is 39.2 Å². The number of carbonyl (C=O) groups excluding carboxylic acids is 2. The van der Waals surface area contributed by atoms with E-state index in [-0.39, 0.29) is 23.4 Å². The average molecular weight is 669 g/mol. The van der Waals surface area contributed by atoms with Crippen LogP contribution in [0.15, 0.2) is 82.2 Å². The number of nitrogens with one attached hydrogen (secondary N) is 1. The number of anilines is 1. The van der Waals surface area contributed by atoms with E-state index in [1.807, 2.05) is 13.8 Å². The highest BCUT2D eigenvalue weighted by Gasteiger charge is 2.34. The summed E-state index contributed by atoms with van der Waals surface area (Å²) >= 11 is 15.9. The molecule has 11 heteroatoms. The van der Waals surface area contributed by atoms with Crippen molar-refractivity contribution in [3.05, 3.63) is 92.9 Å². The lowest BCUT2D eigenvalue weighted by molar-refractivity contribution is -0.140. The van der Waals surface area contributed by atoms with Crippen molar-refractivity contribution in [2.45, 2.75) is 57.1 Å². The van der Waals surface area contributed by atoms with Crippen LogP contribution < -0.4 is 9.62 Å². The van der Waals surface area contributed by atoms with Gasteiger partial charge in [-0.2, -0.15) is 0 Å². The van der Waals surface area contributed by atoms with Crippen LogP contribution in [-0.4, -0.2) is 43.8 Å². The molecule has 214 valence electrons. The maximum absolute atomic E-state index is 14.1. The molecule has 0 aromatic heterocycles. The van der Waals surface area contributed by atoms with Crippen molar-refractivity contribution in [2.24, 2.45) is 0 Å². The summed E-state index contributed by atoms with van der Waals surface area (Å²) in [7, 11) is -4.14. The summed E-state index contributed by atoms with van der Waals surface area (Å²) in [5.41, 5.74) is 0.877. The molecule has 1 N–H and O–H groups in total. The molecule has 2 atom stereocenters. The van der Waals surface area contributed by atoms with Crippen LogP contribution >= 0.6 is 39.1 Å². The third-order valence-corrected chi connectivity index (χ3v) is 9.32. The van der Waals surface area contributed by atoms with E-state index in [4.69, 9.17) is 23.2 Å². The van der Waals surface area contributed by atoms with Crippen molar-refractivity contribution in [1.82, 2.24) is 10.2 Å². The molecule has 0 heterocycles. The Bertz CT molecular complexity index is 1440. The molecular weight excluding hydrogens is 637 g/mol. The number of amides is 2. The molecule has 0 fully saturated rings. The van der Waals surface area contributed by atoms with Crippen LogP contribution in [0.2, 0.25) is 10.0 Å². The molecule has 40 heavy (non-hydrogen) atoms. The second kappa shape index (κ2) is 14.3. The highest BCUT2D eigenvalue weighted by Crippen LogP contribution is 2.28. The van der Waals surface area contributed by atoms with Crippen molar-refractivity contribution >= 4 is 66.7 Å². The molecular formula is C29H32BrCl2N3O4S. The number of carbonyl (C=O) groups is 2. The Morgan fingerprint density at radius 1 is 0.950 bits per heavy atom. The Morgan fingerprint density at radius 3 is 2.25 bits per heavy atom. The third kappa shape index (κ3) is 8.00. The van der Waals surface area contributed by atoms with Crippen LogP contribution in [0.3, 0.4) is 0 Å². The number of hydrogen-bond donors (Lipinski definition) is 1. The topological polar surface area (TPSA) is 86.8 Å². The van der Waals surface area contributed by atoms with Gasteiger partial charge in [-0.15, -0.1) is 0 Å². The Balaban J connectivity index is 2.07. The molecule has 0 aliphatic carbocycles. The van der Waals surface area contributed by atoms with Crippen molar-refractivity contribution < 1.29 is 18.0 Å². The fourth-order valence-electron chi connectivity index (χ4n) is 4.07. The molecule has 0 spiro atoms. The minimum absolute atomic E-state index is 0.0149. The number of sulfonamides is 1. The normalized spacial score (nSPS) is 12.8. The molecule has 0 saturated carbocycles. The van der Waals surface area contributed by atoms with Crippen LogP contribution in [0.4, 0.5) is 5.69 Å². The summed E-state index contributed by atoms with van der Waals surface area (Å²) in [6, 6.07) is 18.5. The van der Waals surface area contributed by atoms with Crippen LogP contribution in [-0.2, 0) is 26.2 Å². The number of halogens is 3. The maximum atomic E-state index is 14.1. The van der Waals surface area contributed by atoms with Gasteiger partial charge in [0.2, 0.25) is 11.8 Å². The van der Waals surface area contributed by atoms with Gasteiger partial charge in [-0.1, -0.05) is 83.3 Å². The van der Waals surface area contributed by atoms with Gasteiger partial charge >= 0.3 is 0 Å². The van der Waals surface area contributed by atoms with Gasteiger partial charge in [0.25, 0.3) is 10.0 Å². The summed E-state index contributed by atoms with van der Waals surface area (Å²) < 4.78 is 29.4. The van der Waals surface area contributed by atoms with Gasteiger partial charge in [0.15, 0.2) is 0 Å². The maximum Gasteiger partial charge on any atom is 0.264 e. The first-order valence-electron chi connectivity index (χ1n) is 12.8. The molecule has 0 aliphatic heterocycles. The average Bonchev–Trinajstić information content (AvgIpc) is 2.92. The van der Waals surface area contributed by atoms with E-state index in [0.29, 0.717) is 38.6 Å². The number of nitrogens with zero attached hydrogens (tertiary/aromatic N) is 2. The van der Waals surface area contributed by atoms with E-state index in [2.05, 4.69) is 21.2 Å². The summed E-state index contributed by atoms with van der Waals surface area (Å²) in [6.45, 7) is 5.09. The predicted molar refractivity (Wildman–Crippen MR) is 164 cm³/mol. The largest absolute Gasteiger partial charge is 0.352 e. The van der Waals surface area contributed by atoms with Gasteiger partial charge < -0.3 is 10.2 Å². The quantitative estimate of drug-likeness (QED) is 0.234. The van der Waals surface area contributed by atoms with Crippen LogP contribution in [0.25, 0.3) is 0 Å². The first kappa shape index (κ1) is 31.9. The van der Waals surface area contributed by atoms with Gasteiger partial charge in [-0.25, -0.2) is 8.42 Å². The smallest absolute Gasteiger partial charge is 0.264 e. The predicted octanol–water partition coefficient (Wildman–Crippen LogP) is 6.67. The first-order chi connectivity index (χ1) is 19.0. The SMILES string of the molecule is CCC(C)NC(=O)C(CC)N(Cc1ccc(Cl)cc1Cl)C(=O)CN(c1cccc(Br)c1)S(=O)(=O)c1ccccc1. The van der Waals surface area contributed by atoms with Crippen molar-refractivity contribution in [3.8, 4) is 0 Å². The summed E-state index contributed by atoms with van der Waals surface area (Å²) in [6.07, 6.45) is 1.02. The standard InChI is InChI=1S/C29H32BrCl2N3O4S/c1-4-20(3)33-29(37)27(5-2)34(18-21-14-15-23(31)17-26(21)32)28(36)19-35(24-11-9-10-22(30)16-24)40(38,39)25-12-7-6-8-13-25/h6-17,20,27H,4-5,18-19H2,1-3H3,(H,33,37). The lowest BCUT2D eigenvalue weighted by Crippen LogP contribution is -2.53.